The summed E-state index contributed by atoms with van der Waals surface area (Å²) in [5.74, 6) is 2.54. The zero-order valence-corrected chi connectivity index (χ0v) is 11.4. The van der Waals surface area contributed by atoms with E-state index in [-0.39, 0.29) is 0 Å². The van der Waals surface area contributed by atoms with Gasteiger partial charge in [0.15, 0.2) is 11.6 Å². The minimum Gasteiger partial charge on any atom is -0.493 e. The van der Waals surface area contributed by atoms with Gasteiger partial charge in [-0.25, -0.2) is 4.98 Å². The summed E-state index contributed by atoms with van der Waals surface area (Å²) in [6.07, 6.45) is 4.44. The summed E-state index contributed by atoms with van der Waals surface area (Å²) in [4.78, 5) is 6.81. The number of rotatable bonds is 5. The minimum atomic E-state index is 0.810. The standard InChI is InChI=1S/C14H23N3O/c1-12-5-9-17(10-6-12)11-8-16-14-13(18-2)4-3-7-15-14/h3-4,7,12H,5-6,8-11H2,1-2H3,(H,15,16). The normalized spacial score (nSPS) is 17.7. The van der Waals surface area contributed by atoms with Crippen LogP contribution in [0.2, 0.25) is 0 Å². The molecule has 1 fully saturated rings. The quantitative estimate of drug-likeness (QED) is 0.868. The van der Waals surface area contributed by atoms with Crippen molar-refractivity contribution < 1.29 is 4.74 Å². The first-order chi connectivity index (χ1) is 8.79. The first-order valence-electron chi connectivity index (χ1n) is 6.75. The molecule has 0 saturated carbocycles. The lowest BCUT2D eigenvalue weighted by Crippen LogP contribution is -2.36. The lowest BCUT2D eigenvalue weighted by Gasteiger charge is -2.30. The summed E-state index contributed by atoms with van der Waals surface area (Å²) in [5, 5.41) is 3.34. The minimum absolute atomic E-state index is 0.810. The van der Waals surface area contributed by atoms with Crippen LogP contribution in [0.4, 0.5) is 5.82 Å². The topological polar surface area (TPSA) is 37.4 Å². The van der Waals surface area contributed by atoms with E-state index in [1.807, 2.05) is 12.1 Å². The highest BCUT2D eigenvalue weighted by Gasteiger charge is 2.15. The van der Waals surface area contributed by atoms with Crippen LogP contribution in [0.5, 0.6) is 5.75 Å². The van der Waals surface area contributed by atoms with Gasteiger partial charge in [0.1, 0.15) is 0 Å². The number of ether oxygens (including phenoxy) is 1. The number of nitrogens with one attached hydrogen (secondary N) is 1. The largest absolute Gasteiger partial charge is 0.493 e. The average Bonchev–Trinajstić information content (AvgIpc) is 2.41. The average molecular weight is 249 g/mol. The summed E-state index contributed by atoms with van der Waals surface area (Å²) in [6.45, 7) is 6.78. The summed E-state index contributed by atoms with van der Waals surface area (Å²) in [7, 11) is 1.67. The molecule has 0 atom stereocenters. The van der Waals surface area contributed by atoms with Gasteiger partial charge in [0.05, 0.1) is 7.11 Å². The van der Waals surface area contributed by atoms with E-state index >= 15 is 0 Å². The highest BCUT2D eigenvalue weighted by molar-refractivity contribution is 5.49. The van der Waals surface area contributed by atoms with Gasteiger partial charge < -0.3 is 15.0 Å². The van der Waals surface area contributed by atoms with E-state index in [2.05, 4.69) is 22.1 Å². The summed E-state index contributed by atoms with van der Waals surface area (Å²) in [5.41, 5.74) is 0. The molecule has 0 aliphatic carbocycles. The van der Waals surface area contributed by atoms with Crippen molar-refractivity contribution >= 4 is 5.82 Å². The lowest BCUT2D eigenvalue weighted by molar-refractivity contribution is 0.199. The smallest absolute Gasteiger partial charge is 0.168 e. The van der Waals surface area contributed by atoms with Crippen molar-refractivity contribution in [2.45, 2.75) is 19.8 Å². The SMILES string of the molecule is COc1cccnc1NCCN1CCC(C)CC1. The summed E-state index contributed by atoms with van der Waals surface area (Å²) in [6, 6.07) is 3.81. The van der Waals surface area contributed by atoms with Gasteiger partial charge in [-0.1, -0.05) is 6.92 Å². The number of hydrogen-bond donors (Lipinski definition) is 1. The number of methoxy groups -OCH3 is 1. The molecule has 100 valence electrons. The van der Waals surface area contributed by atoms with Crippen molar-refractivity contribution in [3.05, 3.63) is 18.3 Å². The molecule has 2 rings (SSSR count). The number of anilines is 1. The van der Waals surface area contributed by atoms with Gasteiger partial charge in [-0.05, 0) is 44.0 Å². The van der Waals surface area contributed by atoms with Crippen LogP contribution < -0.4 is 10.1 Å². The van der Waals surface area contributed by atoms with E-state index in [1.165, 1.54) is 25.9 Å². The molecule has 1 saturated heterocycles. The predicted octanol–water partition coefficient (Wildman–Crippen LogP) is 2.23. The van der Waals surface area contributed by atoms with Gasteiger partial charge in [0, 0.05) is 19.3 Å². The Morgan fingerprint density at radius 1 is 1.44 bits per heavy atom. The molecule has 1 aromatic heterocycles. The van der Waals surface area contributed by atoms with Crippen molar-refractivity contribution in [2.24, 2.45) is 5.92 Å². The van der Waals surface area contributed by atoms with E-state index in [0.717, 1.165) is 30.6 Å². The molecule has 0 radical (unpaired) electrons. The second kappa shape index (κ2) is 6.59. The van der Waals surface area contributed by atoms with Gasteiger partial charge in [0.2, 0.25) is 0 Å². The Morgan fingerprint density at radius 2 is 2.22 bits per heavy atom. The molecule has 0 aromatic carbocycles. The zero-order valence-electron chi connectivity index (χ0n) is 11.4. The van der Waals surface area contributed by atoms with Crippen LogP contribution in [0.1, 0.15) is 19.8 Å². The third-order valence-corrected chi connectivity index (χ3v) is 3.59. The first kappa shape index (κ1) is 13.1. The molecule has 0 unspecified atom stereocenters. The van der Waals surface area contributed by atoms with Crippen molar-refractivity contribution in [3.8, 4) is 5.75 Å². The van der Waals surface area contributed by atoms with Gasteiger partial charge in [-0.2, -0.15) is 0 Å². The van der Waals surface area contributed by atoms with Crippen LogP contribution in [0.25, 0.3) is 0 Å². The highest BCUT2D eigenvalue weighted by atomic mass is 16.5. The fourth-order valence-electron chi connectivity index (χ4n) is 2.31. The Hall–Kier alpha value is -1.29. The van der Waals surface area contributed by atoms with Gasteiger partial charge in [-0.3, -0.25) is 0 Å². The Labute approximate surface area is 109 Å². The second-order valence-corrected chi connectivity index (χ2v) is 5.01. The molecule has 1 aliphatic rings. The third-order valence-electron chi connectivity index (χ3n) is 3.59. The van der Waals surface area contributed by atoms with Crippen LogP contribution in [0, 0.1) is 5.92 Å². The zero-order chi connectivity index (χ0) is 12.8. The molecule has 4 heteroatoms. The number of nitrogens with zero attached hydrogens (tertiary/aromatic N) is 2. The number of likely N-dealkylation sites (tertiary alicyclic amines) is 1. The number of pyridine rings is 1. The van der Waals surface area contributed by atoms with Gasteiger partial charge in [-0.15, -0.1) is 0 Å². The maximum atomic E-state index is 5.26. The molecule has 0 amide bonds. The van der Waals surface area contributed by atoms with Crippen LogP contribution >= 0.6 is 0 Å². The maximum Gasteiger partial charge on any atom is 0.168 e. The number of piperidine rings is 1. The van der Waals surface area contributed by atoms with Crippen molar-refractivity contribution in [2.75, 3.05) is 38.6 Å². The Balaban J connectivity index is 1.75. The third kappa shape index (κ3) is 3.60. The van der Waals surface area contributed by atoms with Crippen molar-refractivity contribution in [3.63, 3.8) is 0 Å². The predicted molar refractivity (Wildman–Crippen MR) is 74.1 cm³/mol. The van der Waals surface area contributed by atoms with Crippen molar-refractivity contribution in [1.82, 2.24) is 9.88 Å². The monoisotopic (exact) mass is 249 g/mol. The lowest BCUT2D eigenvalue weighted by atomic mass is 9.99. The molecule has 1 aromatic rings. The van der Waals surface area contributed by atoms with E-state index in [9.17, 15) is 0 Å². The number of aromatic nitrogens is 1. The molecule has 0 spiro atoms. The van der Waals surface area contributed by atoms with Crippen LogP contribution in [0.15, 0.2) is 18.3 Å². The first-order valence-corrected chi connectivity index (χ1v) is 6.75. The van der Waals surface area contributed by atoms with Crippen LogP contribution in [-0.4, -0.2) is 43.2 Å². The summed E-state index contributed by atoms with van der Waals surface area (Å²) >= 11 is 0. The summed E-state index contributed by atoms with van der Waals surface area (Å²) < 4.78 is 5.26. The number of hydrogen-bond acceptors (Lipinski definition) is 4. The van der Waals surface area contributed by atoms with Gasteiger partial charge >= 0.3 is 0 Å². The molecule has 0 bridgehead atoms. The van der Waals surface area contributed by atoms with E-state index in [4.69, 9.17) is 4.74 Å². The maximum absolute atomic E-state index is 5.26. The van der Waals surface area contributed by atoms with E-state index in [0.29, 0.717) is 0 Å². The van der Waals surface area contributed by atoms with Crippen molar-refractivity contribution in [1.29, 1.82) is 0 Å². The molecular formula is C14H23N3O. The molecule has 1 N–H and O–H groups in total. The second-order valence-electron chi connectivity index (χ2n) is 5.01. The molecular weight excluding hydrogens is 226 g/mol. The Bertz CT molecular complexity index is 362. The highest BCUT2D eigenvalue weighted by Crippen LogP contribution is 2.20. The van der Waals surface area contributed by atoms with E-state index in [1.54, 1.807) is 13.3 Å². The molecule has 2 heterocycles. The Morgan fingerprint density at radius 3 is 2.94 bits per heavy atom. The fraction of sp³-hybridized carbons (Fsp3) is 0.643. The molecule has 4 nitrogen and oxygen atoms in total. The molecule has 1 aliphatic heterocycles. The van der Waals surface area contributed by atoms with Gasteiger partial charge in [0.25, 0.3) is 0 Å². The fourth-order valence-corrected chi connectivity index (χ4v) is 2.31. The van der Waals surface area contributed by atoms with E-state index < -0.39 is 0 Å². The Kier molecular flexibility index (Phi) is 4.81. The van der Waals surface area contributed by atoms with Crippen LogP contribution in [-0.2, 0) is 0 Å². The molecule has 18 heavy (non-hydrogen) atoms. The van der Waals surface area contributed by atoms with Crippen LogP contribution in [0.3, 0.4) is 0 Å².